The van der Waals surface area contributed by atoms with Gasteiger partial charge in [0.25, 0.3) is 5.91 Å². The Labute approximate surface area is 124 Å². The van der Waals surface area contributed by atoms with E-state index in [0.717, 1.165) is 43.8 Å². The van der Waals surface area contributed by atoms with E-state index in [9.17, 15) is 9.59 Å². The van der Waals surface area contributed by atoms with Crippen molar-refractivity contribution in [2.75, 3.05) is 5.32 Å². The molecule has 0 atom stereocenters. The fourth-order valence-electron chi connectivity index (χ4n) is 2.12. The minimum Gasteiger partial charge on any atom is -0.476 e. The van der Waals surface area contributed by atoms with Gasteiger partial charge in [0.2, 0.25) is 0 Å². The van der Waals surface area contributed by atoms with E-state index in [4.69, 9.17) is 5.11 Å². The van der Waals surface area contributed by atoms with Gasteiger partial charge >= 0.3 is 5.97 Å². The fourth-order valence-corrected chi connectivity index (χ4v) is 3.17. The molecule has 0 aliphatic heterocycles. The Hall–Kier alpha value is -2.35. The molecule has 3 rings (SSSR count). The first-order valence-corrected chi connectivity index (χ1v) is 7.30. The maximum Gasteiger partial charge on any atom is 0.356 e. The molecule has 2 N–H and O–H groups in total. The lowest BCUT2D eigenvalue weighted by molar-refractivity contribution is 0.0689. The normalized spacial score (nSPS) is 13.5. The first-order chi connectivity index (χ1) is 10.1. The molecule has 0 aromatic carbocycles. The molecule has 108 valence electrons. The summed E-state index contributed by atoms with van der Waals surface area (Å²) in [4.78, 5) is 35.8. The summed E-state index contributed by atoms with van der Waals surface area (Å²) in [5.74, 6) is -1.62. The minimum atomic E-state index is -1.18. The number of aryl methyl sites for hydroxylation is 2. The molecule has 1 aliphatic carbocycles. The molecule has 0 saturated heterocycles. The van der Waals surface area contributed by atoms with Gasteiger partial charge in [-0.25, -0.2) is 19.7 Å². The number of anilines is 1. The maximum atomic E-state index is 12.0. The third-order valence-corrected chi connectivity index (χ3v) is 4.24. The van der Waals surface area contributed by atoms with Gasteiger partial charge in [0, 0.05) is 4.88 Å². The van der Waals surface area contributed by atoms with Gasteiger partial charge in [-0.1, -0.05) is 0 Å². The van der Waals surface area contributed by atoms with Crippen molar-refractivity contribution in [1.29, 1.82) is 0 Å². The highest BCUT2D eigenvalue weighted by Gasteiger charge is 2.17. The van der Waals surface area contributed by atoms with E-state index >= 15 is 0 Å². The van der Waals surface area contributed by atoms with Gasteiger partial charge < -0.3 is 5.11 Å². The van der Waals surface area contributed by atoms with Crippen LogP contribution in [0.5, 0.6) is 0 Å². The number of aromatic carboxylic acids is 1. The highest BCUT2D eigenvalue weighted by molar-refractivity contribution is 7.15. The Morgan fingerprint density at radius 2 is 1.86 bits per heavy atom. The van der Waals surface area contributed by atoms with Gasteiger partial charge in [0.15, 0.2) is 10.8 Å². The second-order valence-electron chi connectivity index (χ2n) is 4.64. The molecule has 0 radical (unpaired) electrons. The zero-order valence-corrected chi connectivity index (χ0v) is 11.8. The van der Waals surface area contributed by atoms with E-state index in [1.807, 2.05) is 0 Å². The minimum absolute atomic E-state index is 0.0631. The third-order valence-electron chi connectivity index (χ3n) is 3.17. The predicted molar refractivity (Wildman–Crippen MR) is 75.7 cm³/mol. The van der Waals surface area contributed by atoms with Gasteiger partial charge in [-0.2, -0.15) is 0 Å². The number of thiazole rings is 1. The molecular weight excluding hydrogens is 292 g/mol. The highest BCUT2D eigenvalue weighted by Crippen LogP contribution is 2.29. The van der Waals surface area contributed by atoms with Crippen LogP contribution in [0.25, 0.3) is 0 Å². The number of carboxylic acids is 1. The first kappa shape index (κ1) is 13.6. The highest BCUT2D eigenvalue weighted by atomic mass is 32.1. The second-order valence-corrected chi connectivity index (χ2v) is 5.73. The van der Waals surface area contributed by atoms with Crippen LogP contribution in [0.1, 0.15) is 44.4 Å². The van der Waals surface area contributed by atoms with Crippen LogP contribution in [0.15, 0.2) is 12.4 Å². The summed E-state index contributed by atoms with van der Waals surface area (Å²) in [6.45, 7) is 0. The number of nitrogens with one attached hydrogen (secondary N) is 1. The molecule has 21 heavy (non-hydrogen) atoms. The quantitative estimate of drug-likeness (QED) is 0.895. The summed E-state index contributed by atoms with van der Waals surface area (Å²) < 4.78 is 0. The zero-order valence-electron chi connectivity index (χ0n) is 11.0. The Bertz CT molecular complexity index is 672. The van der Waals surface area contributed by atoms with Crippen molar-refractivity contribution in [2.24, 2.45) is 0 Å². The van der Waals surface area contributed by atoms with E-state index in [0.29, 0.717) is 5.13 Å². The number of hydrogen-bond acceptors (Lipinski definition) is 6. The average molecular weight is 304 g/mol. The van der Waals surface area contributed by atoms with E-state index in [-0.39, 0.29) is 11.4 Å². The number of hydrogen-bond donors (Lipinski definition) is 2. The number of carbonyl (C=O) groups excluding carboxylic acids is 1. The SMILES string of the molecule is O=C(O)c1cnc(C(=O)Nc2nc3c(s2)CCCC3)cn1. The van der Waals surface area contributed by atoms with Crippen LogP contribution in [0.4, 0.5) is 5.13 Å². The molecule has 0 fully saturated rings. The molecule has 0 saturated carbocycles. The summed E-state index contributed by atoms with van der Waals surface area (Å²) >= 11 is 1.48. The summed E-state index contributed by atoms with van der Waals surface area (Å²) in [6.07, 6.45) is 6.46. The summed E-state index contributed by atoms with van der Waals surface area (Å²) in [5.41, 5.74) is 0.929. The number of nitrogens with zero attached hydrogens (tertiary/aromatic N) is 3. The van der Waals surface area contributed by atoms with E-state index < -0.39 is 11.9 Å². The summed E-state index contributed by atoms with van der Waals surface area (Å²) in [5, 5.41) is 12.0. The average Bonchev–Trinajstić information content (AvgIpc) is 2.89. The molecular formula is C13H12N4O3S. The number of carboxylic acid groups (broad SMARTS) is 1. The van der Waals surface area contributed by atoms with Crippen LogP contribution in [0, 0.1) is 0 Å². The van der Waals surface area contributed by atoms with Crippen molar-refractivity contribution in [1.82, 2.24) is 15.0 Å². The number of amides is 1. The van der Waals surface area contributed by atoms with Crippen molar-refractivity contribution >= 4 is 28.3 Å². The molecule has 0 unspecified atom stereocenters. The predicted octanol–water partition coefficient (Wildman–Crippen LogP) is 1.76. The number of rotatable bonds is 3. The lowest BCUT2D eigenvalue weighted by Crippen LogP contribution is -2.15. The van der Waals surface area contributed by atoms with Gasteiger partial charge in [-0.3, -0.25) is 10.1 Å². The standard InChI is InChI=1S/C13H12N4O3S/c18-11(8-5-15-9(6-14-8)12(19)20)17-13-16-7-3-1-2-4-10(7)21-13/h5-6H,1-4H2,(H,19,20)(H,16,17,18). The van der Waals surface area contributed by atoms with Crippen molar-refractivity contribution in [3.8, 4) is 0 Å². The molecule has 2 aromatic heterocycles. The maximum absolute atomic E-state index is 12.0. The smallest absolute Gasteiger partial charge is 0.356 e. The van der Waals surface area contributed by atoms with Crippen LogP contribution in [0.3, 0.4) is 0 Å². The van der Waals surface area contributed by atoms with E-state index in [2.05, 4.69) is 20.3 Å². The number of carbonyl (C=O) groups is 2. The first-order valence-electron chi connectivity index (χ1n) is 6.49. The molecule has 7 nitrogen and oxygen atoms in total. The lowest BCUT2D eigenvalue weighted by Gasteiger charge is -2.06. The van der Waals surface area contributed by atoms with Gasteiger partial charge in [0.05, 0.1) is 18.1 Å². The van der Waals surface area contributed by atoms with Gasteiger partial charge in [-0.05, 0) is 25.7 Å². The number of fused-ring (bicyclic) bond motifs is 1. The molecule has 0 bridgehead atoms. The molecule has 2 heterocycles. The summed E-state index contributed by atoms with van der Waals surface area (Å²) in [7, 11) is 0. The Morgan fingerprint density at radius 1 is 1.14 bits per heavy atom. The Morgan fingerprint density at radius 3 is 2.52 bits per heavy atom. The number of aromatic nitrogens is 3. The lowest BCUT2D eigenvalue weighted by atomic mass is 10.0. The summed E-state index contributed by atoms with van der Waals surface area (Å²) in [6, 6.07) is 0. The topological polar surface area (TPSA) is 105 Å². The van der Waals surface area contributed by atoms with Crippen molar-refractivity contribution in [2.45, 2.75) is 25.7 Å². The van der Waals surface area contributed by atoms with Crippen LogP contribution in [-0.2, 0) is 12.8 Å². The van der Waals surface area contributed by atoms with Gasteiger partial charge in [-0.15, -0.1) is 11.3 Å². The largest absolute Gasteiger partial charge is 0.476 e. The van der Waals surface area contributed by atoms with E-state index in [1.165, 1.54) is 16.2 Å². The van der Waals surface area contributed by atoms with Crippen LogP contribution < -0.4 is 5.32 Å². The van der Waals surface area contributed by atoms with Crippen LogP contribution in [0.2, 0.25) is 0 Å². The van der Waals surface area contributed by atoms with E-state index in [1.54, 1.807) is 0 Å². The monoisotopic (exact) mass is 304 g/mol. The van der Waals surface area contributed by atoms with Gasteiger partial charge in [0.1, 0.15) is 5.69 Å². The molecule has 1 aliphatic rings. The molecule has 2 aromatic rings. The molecule has 8 heteroatoms. The van der Waals surface area contributed by atoms with Crippen LogP contribution in [-0.4, -0.2) is 31.9 Å². The Balaban J connectivity index is 1.73. The van der Waals surface area contributed by atoms with Crippen LogP contribution >= 0.6 is 11.3 Å². The second kappa shape index (κ2) is 5.57. The van der Waals surface area contributed by atoms with Crippen molar-refractivity contribution in [3.05, 3.63) is 34.4 Å². The third kappa shape index (κ3) is 2.89. The Kier molecular flexibility index (Phi) is 3.61. The van der Waals surface area contributed by atoms with Crippen molar-refractivity contribution < 1.29 is 14.7 Å². The zero-order chi connectivity index (χ0) is 14.8. The molecule has 0 spiro atoms. The van der Waals surface area contributed by atoms with Crippen molar-refractivity contribution in [3.63, 3.8) is 0 Å². The fraction of sp³-hybridized carbons (Fsp3) is 0.308. The molecule has 1 amide bonds.